The minimum absolute atomic E-state index is 0.525. The molecule has 1 rings (SSSR count). The Kier molecular flexibility index (Phi) is 8.03. The van der Waals surface area contributed by atoms with Crippen LogP contribution in [-0.2, 0) is 12.3 Å². The zero-order valence-corrected chi connectivity index (χ0v) is 14.6. The number of aromatic nitrogens is 1. The van der Waals surface area contributed by atoms with Gasteiger partial charge in [0, 0.05) is 17.2 Å². The van der Waals surface area contributed by atoms with Crippen molar-refractivity contribution in [2.75, 3.05) is 6.54 Å². The molecule has 19 heavy (non-hydrogen) atoms. The second-order valence-corrected chi connectivity index (χ2v) is 8.19. The van der Waals surface area contributed by atoms with Crippen molar-refractivity contribution in [2.45, 2.75) is 70.9 Å². The Morgan fingerprint density at radius 1 is 1.26 bits per heavy atom. The van der Waals surface area contributed by atoms with Crippen LogP contribution in [0.25, 0.3) is 0 Å². The average molecular weight is 301 g/mol. The van der Waals surface area contributed by atoms with Gasteiger partial charge in [-0.3, -0.25) is 0 Å². The first-order chi connectivity index (χ1) is 9.04. The fourth-order valence-electron chi connectivity index (χ4n) is 1.80. The molecular formula is C15H28N2S2. The summed E-state index contributed by atoms with van der Waals surface area (Å²) < 4.78 is 0. The first-order valence-corrected chi connectivity index (χ1v) is 9.21. The largest absolute Gasteiger partial charge is 0.312 e. The molecular weight excluding hydrogens is 272 g/mol. The molecule has 0 amide bonds. The Morgan fingerprint density at radius 2 is 2.00 bits per heavy atom. The molecule has 0 atom stereocenters. The molecule has 0 aliphatic heterocycles. The summed E-state index contributed by atoms with van der Waals surface area (Å²) in [5, 5.41) is 5.50. The molecule has 1 aromatic rings. The Labute approximate surface area is 126 Å². The fraction of sp³-hybridized carbons (Fsp3) is 0.800. The number of thioether (sulfide) groups is 1. The standard InChI is InChI=1S/C15H28N2S2/c1-6-7-8-16-9-13-15(11(2)3)17-14(19-13)10-18-12(4)5/h11-12,16H,6-10H2,1-5H3. The van der Waals surface area contributed by atoms with E-state index in [2.05, 4.69) is 39.9 Å². The maximum absolute atomic E-state index is 4.84. The van der Waals surface area contributed by atoms with Gasteiger partial charge in [0.05, 0.1) is 5.69 Å². The molecule has 0 aliphatic rings. The lowest BCUT2D eigenvalue weighted by atomic mass is 10.1. The average Bonchev–Trinajstić information content (AvgIpc) is 2.76. The first kappa shape index (κ1) is 17.0. The predicted molar refractivity (Wildman–Crippen MR) is 89.2 cm³/mol. The highest BCUT2D eigenvalue weighted by atomic mass is 32.2. The minimum Gasteiger partial charge on any atom is -0.312 e. The van der Waals surface area contributed by atoms with Gasteiger partial charge in [0.25, 0.3) is 0 Å². The van der Waals surface area contributed by atoms with Gasteiger partial charge in [-0.15, -0.1) is 11.3 Å². The molecule has 0 unspecified atom stereocenters. The normalized spacial score (nSPS) is 11.7. The van der Waals surface area contributed by atoms with Gasteiger partial charge < -0.3 is 5.32 Å². The van der Waals surface area contributed by atoms with E-state index >= 15 is 0 Å². The van der Waals surface area contributed by atoms with Crippen molar-refractivity contribution in [3.8, 4) is 0 Å². The second kappa shape index (κ2) is 8.98. The van der Waals surface area contributed by atoms with Crippen molar-refractivity contribution >= 4 is 23.1 Å². The van der Waals surface area contributed by atoms with Crippen LogP contribution in [0.5, 0.6) is 0 Å². The van der Waals surface area contributed by atoms with Gasteiger partial charge in [-0.2, -0.15) is 11.8 Å². The molecule has 0 saturated carbocycles. The molecule has 0 radical (unpaired) electrons. The number of rotatable bonds is 9. The van der Waals surface area contributed by atoms with E-state index in [1.54, 1.807) is 0 Å². The van der Waals surface area contributed by atoms with Crippen LogP contribution in [0.2, 0.25) is 0 Å². The van der Waals surface area contributed by atoms with Gasteiger partial charge in [-0.1, -0.05) is 41.0 Å². The molecule has 0 fully saturated rings. The molecule has 1 N–H and O–H groups in total. The van der Waals surface area contributed by atoms with E-state index in [-0.39, 0.29) is 0 Å². The first-order valence-electron chi connectivity index (χ1n) is 7.35. The Morgan fingerprint density at radius 3 is 2.58 bits per heavy atom. The number of thiazole rings is 1. The lowest BCUT2D eigenvalue weighted by molar-refractivity contribution is 0.639. The van der Waals surface area contributed by atoms with Crippen molar-refractivity contribution in [2.24, 2.45) is 0 Å². The van der Waals surface area contributed by atoms with Gasteiger partial charge >= 0.3 is 0 Å². The summed E-state index contributed by atoms with van der Waals surface area (Å²) in [5.41, 5.74) is 1.30. The van der Waals surface area contributed by atoms with Gasteiger partial charge in [0.2, 0.25) is 0 Å². The highest BCUT2D eigenvalue weighted by Gasteiger charge is 2.14. The van der Waals surface area contributed by atoms with Gasteiger partial charge in [-0.05, 0) is 24.1 Å². The zero-order chi connectivity index (χ0) is 14.3. The highest BCUT2D eigenvalue weighted by Crippen LogP contribution is 2.28. The summed E-state index contributed by atoms with van der Waals surface area (Å²) in [4.78, 5) is 6.27. The maximum Gasteiger partial charge on any atom is 0.103 e. The number of nitrogens with zero attached hydrogens (tertiary/aromatic N) is 1. The summed E-state index contributed by atoms with van der Waals surface area (Å²) in [6.45, 7) is 13.3. The van der Waals surface area contributed by atoms with E-state index in [1.165, 1.54) is 28.4 Å². The van der Waals surface area contributed by atoms with E-state index in [0.29, 0.717) is 11.2 Å². The van der Waals surface area contributed by atoms with Crippen molar-refractivity contribution in [1.29, 1.82) is 0 Å². The van der Waals surface area contributed by atoms with Gasteiger partial charge in [-0.25, -0.2) is 4.98 Å². The minimum atomic E-state index is 0.525. The molecule has 2 nitrogen and oxygen atoms in total. The second-order valence-electron chi connectivity index (χ2n) is 5.46. The van der Waals surface area contributed by atoms with Gasteiger partial charge in [0.15, 0.2) is 0 Å². The van der Waals surface area contributed by atoms with Crippen molar-refractivity contribution in [3.05, 3.63) is 15.6 Å². The van der Waals surface area contributed by atoms with Gasteiger partial charge in [0.1, 0.15) is 5.01 Å². The van der Waals surface area contributed by atoms with Crippen molar-refractivity contribution in [1.82, 2.24) is 10.3 Å². The fourth-order valence-corrected chi connectivity index (χ4v) is 3.76. The van der Waals surface area contributed by atoms with E-state index in [1.807, 2.05) is 23.1 Å². The summed E-state index contributed by atoms with van der Waals surface area (Å²) in [6, 6.07) is 0. The van der Waals surface area contributed by atoms with Crippen LogP contribution in [0.1, 0.15) is 69.0 Å². The summed E-state index contributed by atoms with van der Waals surface area (Å²) in [7, 11) is 0. The van der Waals surface area contributed by atoms with Crippen molar-refractivity contribution in [3.63, 3.8) is 0 Å². The van der Waals surface area contributed by atoms with Crippen molar-refractivity contribution < 1.29 is 0 Å². The molecule has 0 aromatic carbocycles. The monoisotopic (exact) mass is 300 g/mol. The third-order valence-corrected chi connectivity index (χ3v) is 5.21. The lowest BCUT2D eigenvalue weighted by Gasteiger charge is -2.06. The lowest BCUT2D eigenvalue weighted by Crippen LogP contribution is -2.14. The zero-order valence-electron chi connectivity index (χ0n) is 13.0. The van der Waals surface area contributed by atoms with E-state index in [4.69, 9.17) is 4.98 Å². The van der Waals surface area contributed by atoms with Crippen LogP contribution < -0.4 is 5.32 Å². The molecule has 0 saturated heterocycles. The van der Waals surface area contributed by atoms with E-state index in [9.17, 15) is 0 Å². The molecule has 4 heteroatoms. The maximum atomic E-state index is 4.84. The molecule has 0 aliphatic carbocycles. The van der Waals surface area contributed by atoms with Crippen LogP contribution in [0.4, 0.5) is 0 Å². The number of nitrogens with one attached hydrogen (secondary N) is 1. The number of hydrogen-bond donors (Lipinski definition) is 1. The SMILES string of the molecule is CCCCNCc1sc(CSC(C)C)nc1C(C)C. The van der Waals surface area contributed by atoms with Crippen LogP contribution >= 0.6 is 23.1 Å². The number of unbranched alkanes of at least 4 members (excludes halogenated alkanes) is 1. The topological polar surface area (TPSA) is 24.9 Å². The number of hydrogen-bond acceptors (Lipinski definition) is 4. The molecule has 0 bridgehead atoms. The predicted octanol–water partition coefficient (Wildman–Crippen LogP) is 4.80. The Hall–Kier alpha value is -0.0600. The smallest absolute Gasteiger partial charge is 0.103 e. The van der Waals surface area contributed by atoms with E-state index < -0.39 is 0 Å². The quantitative estimate of drug-likeness (QED) is 0.663. The molecule has 0 spiro atoms. The van der Waals surface area contributed by atoms with Crippen LogP contribution in [0.3, 0.4) is 0 Å². The Balaban J connectivity index is 2.61. The summed E-state index contributed by atoms with van der Waals surface area (Å²) in [5.74, 6) is 1.58. The van der Waals surface area contributed by atoms with E-state index in [0.717, 1.165) is 18.8 Å². The molecule has 1 aromatic heterocycles. The third-order valence-electron chi connectivity index (χ3n) is 2.85. The molecule has 1 heterocycles. The molecule has 110 valence electrons. The van der Waals surface area contributed by atoms with Crippen LogP contribution in [0.15, 0.2) is 0 Å². The summed E-state index contributed by atoms with van der Waals surface area (Å²) in [6.07, 6.45) is 2.51. The summed E-state index contributed by atoms with van der Waals surface area (Å²) >= 11 is 3.87. The highest BCUT2D eigenvalue weighted by molar-refractivity contribution is 7.99. The Bertz CT molecular complexity index is 359. The van der Waals surface area contributed by atoms with Crippen LogP contribution in [-0.4, -0.2) is 16.8 Å². The van der Waals surface area contributed by atoms with Crippen LogP contribution in [0, 0.1) is 0 Å². The third kappa shape index (κ3) is 6.28.